The lowest BCUT2D eigenvalue weighted by atomic mass is 10.0. The van der Waals surface area contributed by atoms with Crippen LogP contribution in [0.1, 0.15) is 42.1 Å². The lowest BCUT2D eigenvalue weighted by molar-refractivity contribution is -0.133. The van der Waals surface area contributed by atoms with E-state index in [1.807, 2.05) is 42.5 Å². The third-order valence-corrected chi connectivity index (χ3v) is 5.03. The number of aryl methyl sites for hydroxylation is 1. The van der Waals surface area contributed by atoms with Gasteiger partial charge in [0.05, 0.1) is 12.2 Å². The molecule has 2 rings (SSSR count). The van der Waals surface area contributed by atoms with E-state index in [2.05, 4.69) is 28.2 Å². The van der Waals surface area contributed by atoms with Gasteiger partial charge in [0.25, 0.3) is 0 Å². The van der Waals surface area contributed by atoms with Crippen molar-refractivity contribution in [3.05, 3.63) is 64.1 Å². The summed E-state index contributed by atoms with van der Waals surface area (Å²) in [7, 11) is 1.56. The van der Waals surface area contributed by atoms with Gasteiger partial charge in [-0.25, -0.2) is 0 Å². The first kappa shape index (κ1) is 21.8. The van der Waals surface area contributed by atoms with Gasteiger partial charge in [0.1, 0.15) is 0 Å². The molecule has 0 aromatic heterocycles. The Bertz CT molecular complexity index is 834. The molecule has 0 spiro atoms. The minimum Gasteiger partial charge on any atom is -0.336 e. The van der Waals surface area contributed by atoms with Crippen LogP contribution in [0.15, 0.2) is 53.0 Å². The van der Waals surface area contributed by atoms with Crippen LogP contribution in [-0.4, -0.2) is 36.1 Å². The molecular weight excluding hydrogens is 420 g/mol. The topological polar surface area (TPSA) is 66.5 Å². The first-order chi connectivity index (χ1) is 13.4. The number of amides is 2. The third-order valence-electron chi connectivity index (χ3n) is 4.33. The summed E-state index contributed by atoms with van der Waals surface area (Å²) in [6, 6.07) is 14.8. The number of nitrogens with zero attached hydrogens (tertiary/aromatic N) is 1. The van der Waals surface area contributed by atoms with Crippen LogP contribution in [0.4, 0.5) is 5.69 Å². The number of anilines is 1. The maximum absolute atomic E-state index is 12.3. The minimum atomic E-state index is -0.291. The summed E-state index contributed by atoms with van der Waals surface area (Å²) in [6.07, 6.45) is 2.25. The van der Waals surface area contributed by atoms with E-state index in [-0.39, 0.29) is 37.0 Å². The quantitative estimate of drug-likeness (QED) is 0.580. The Morgan fingerprint density at radius 1 is 1.00 bits per heavy atom. The number of benzene rings is 2. The van der Waals surface area contributed by atoms with Crippen molar-refractivity contribution < 1.29 is 14.4 Å². The fourth-order valence-electron chi connectivity index (χ4n) is 2.76. The molecule has 0 aliphatic rings. The molecule has 148 valence electrons. The number of Topliss-reactive ketones (excluding diaryl/α,β-unsaturated/α-hetero) is 1. The maximum atomic E-state index is 12.3. The Morgan fingerprint density at radius 2 is 1.68 bits per heavy atom. The normalized spacial score (nSPS) is 10.4. The Kier molecular flexibility index (Phi) is 8.39. The van der Waals surface area contributed by atoms with Gasteiger partial charge >= 0.3 is 0 Å². The predicted molar refractivity (Wildman–Crippen MR) is 114 cm³/mol. The second-order valence-corrected chi connectivity index (χ2v) is 7.50. The summed E-state index contributed by atoms with van der Waals surface area (Å²) in [6.45, 7) is 2.04. The predicted octanol–water partition coefficient (Wildman–Crippen LogP) is 4.46. The molecule has 0 saturated carbocycles. The van der Waals surface area contributed by atoms with Gasteiger partial charge in [-0.15, -0.1) is 0 Å². The number of carbonyl (C=O) groups is 3. The molecule has 0 heterocycles. The molecule has 0 saturated heterocycles. The van der Waals surface area contributed by atoms with Crippen LogP contribution >= 0.6 is 15.9 Å². The van der Waals surface area contributed by atoms with Crippen LogP contribution in [-0.2, 0) is 16.0 Å². The monoisotopic (exact) mass is 444 g/mol. The number of nitrogens with one attached hydrogen (secondary N) is 1. The Morgan fingerprint density at radius 3 is 2.32 bits per heavy atom. The second-order valence-electron chi connectivity index (χ2n) is 6.65. The van der Waals surface area contributed by atoms with Gasteiger partial charge in [0, 0.05) is 29.9 Å². The average molecular weight is 445 g/mol. The summed E-state index contributed by atoms with van der Waals surface area (Å²) in [5, 5.41) is 2.76. The van der Waals surface area contributed by atoms with E-state index in [0.717, 1.165) is 17.3 Å². The van der Waals surface area contributed by atoms with Crippen LogP contribution in [0.25, 0.3) is 0 Å². The van der Waals surface area contributed by atoms with E-state index in [4.69, 9.17) is 0 Å². The fourth-order valence-corrected chi connectivity index (χ4v) is 3.14. The van der Waals surface area contributed by atoms with Crippen LogP contribution in [0.3, 0.4) is 0 Å². The van der Waals surface area contributed by atoms with Crippen molar-refractivity contribution in [2.45, 2.75) is 32.6 Å². The highest BCUT2D eigenvalue weighted by Crippen LogP contribution is 2.21. The zero-order valence-electron chi connectivity index (χ0n) is 16.2. The van der Waals surface area contributed by atoms with Crippen LogP contribution in [0, 0.1) is 0 Å². The number of rotatable bonds is 9. The summed E-state index contributed by atoms with van der Waals surface area (Å²) in [4.78, 5) is 38.0. The van der Waals surface area contributed by atoms with E-state index < -0.39 is 0 Å². The number of hydrogen-bond donors (Lipinski definition) is 1. The maximum Gasteiger partial charge on any atom is 0.244 e. The SMILES string of the molecule is CCCc1ccc(C(=O)CCC(=O)N(C)CC(=O)Nc2ccccc2Br)cc1. The summed E-state index contributed by atoms with van der Waals surface area (Å²) in [5.74, 6) is -0.596. The van der Waals surface area contributed by atoms with E-state index in [1.165, 1.54) is 10.5 Å². The van der Waals surface area contributed by atoms with Gasteiger partial charge in [0.2, 0.25) is 11.8 Å². The molecule has 1 N–H and O–H groups in total. The van der Waals surface area contributed by atoms with Crippen molar-refractivity contribution in [1.82, 2.24) is 4.90 Å². The Balaban J connectivity index is 1.80. The van der Waals surface area contributed by atoms with E-state index in [0.29, 0.717) is 11.3 Å². The number of ketones is 1. The summed E-state index contributed by atoms with van der Waals surface area (Å²) in [5.41, 5.74) is 2.46. The highest BCUT2D eigenvalue weighted by molar-refractivity contribution is 9.10. The Labute approximate surface area is 174 Å². The number of halogens is 1. The van der Waals surface area contributed by atoms with E-state index >= 15 is 0 Å². The lowest BCUT2D eigenvalue weighted by Crippen LogP contribution is -2.35. The number of para-hydroxylation sites is 1. The molecule has 0 aliphatic heterocycles. The smallest absolute Gasteiger partial charge is 0.244 e. The second kappa shape index (κ2) is 10.8. The van der Waals surface area contributed by atoms with Gasteiger partial charge in [-0.3, -0.25) is 14.4 Å². The standard InChI is InChI=1S/C22H25BrN2O3/c1-3-6-16-9-11-17(12-10-16)20(26)13-14-22(28)25(2)15-21(27)24-19-8-5-4-7-18(19)23/h4-5,7-12H,3,6,13-15H2,1-2H3,(H,24,27). The van der Waals surface area contributed by atoms with E-state index in [1.54, 1.807) is 13.1 Å². The first-order valence-corrected chi connectivity index (χ1v) is 10.1. The van der Waals surface area contributed by atoms with Gasteiger partial charge < -0.3 is 10.2 Å². The first-order valence-electron chi connectivity index (χ1n) is 9.31. The van der Waals surface area contributed by atoms with Crippen molar-refractivity contribution in [3.63, 3.8) is 0 Å². The highest BCUT2D eigenvalue weighted by Gasteiger charge is 2.16. The highest BCUT2D eigenvalue weighted by atomic mass is 79.9. The number of carbonyl (C=O) groups excluding carboxylic acids is 3. The van der Waals surface area contributed by atoms with Crippen LogP contribution in [0.5, 0.6) is 0 Å². The number of likely N-dealkylation sites (N-methyl/N-ethyl adjacent to an activating group) is 1. The molecule has 0 bridgehead atoms. The molecule has 2 amide bonds. The third kappa shape index (κ3) is 6.60. The molecule has 2 aromatic carbocycles. The number of hydrogen-bond acceptors (Lipinski definition) is 3. The van der Waals surface area contributed by atoms with Gasteiger partial charge in [-0.05, 0) is 40.0 Å². The van der Waals surface area contributed by atoms with E-state index in [9.17, 15) is 14.4 Å². The molecule has 28 heavy (non-hydrogen) atoms. The molecule has 2 aromatic rings. The van der Waals surface area contributed by atoms with Crippen LogP contribution in [0.2, 0.25) is 0 Å². The Hall–Kier alpha value is -2.47. The van der Waals surface area contributed by atoms with Crippen LogP contribution < -0.4 is 5.32 Å². The lowest BCUT2D eigenvalue weighted by Gasteiger charge is -2.17. The minimum absolute atomic E-state index is 0.0672. The molecule has 0 aliphatic carbocycles. The summed E-state index contributed by atoms with van der Waals surface area (Å²) >= 11 is 3.36. The average Bonchev–Trinajstić information content (AvgIpc) is 2.68. The molecule has 0 unspecified atom stereocenters. The zero-order chi connectivity index (χ0) is 20.5. The van der Waals surface area contributed by atoms with Gasteiger partial charge in [0.15, 0.2) is 5.78 Å². The summed E-state index contributed by atoms with van der Waals surface area (Å²) < 4.78 is 0.771. The van der Waals surface area contributed by atoms with Crippen molar-refractivity contribution in [2.24, 2.45) is 0 Å². The van der Waals surface area contributed by atoms with Crippen molar-refractivity contribution >= 4 is 39.2 Å². The molecular formula is C22H25BrN2O3. The largest absolute Gasteiger partial charge is 0.336 e. The molecule has 0 fully saturated rings. The molecule has 6 heteroatoms. The van der Waals surface area contributed by atoms with Crippen molar-refractivity contribution in [3.8, 4) is 0 Å². The van der Waals surface area contributed by atoms with Gasteiger partial charge in [-0.2, -0.15) is 0 Å². The molecule has 5 nitrogen and oxygen atoms in total. The van der Waals surface area contributed by atoms with Crippen molar-refractivity contribution in [1.29, 1.82) is 0 Å². The van der Waals surface area contributed by atoms with Crippen molar-refractivity contribution in [2.75, 3.05) is 18.9 Å². The fraction of sp³-hybridized carbons (Fsp3) is 0.318. The molecule has 0 atom stereocenters. The zero-order valence-corrected chi connectivity index (χ0v) is 17.8. The van der Waals surface area contributed by atoms with Gasteiger partial charge in [-0.1, -0.05) is 49.7 Å². The molecule has 0 radical (unpaired) electrons.